The minimum atomic E-state index is 0.357. The Balaban J connectivity index is 0.000000735. The van der Waals surface area contributed by atoms with E-state index in [1.54, 1.807) is 24.1 Å². The normalized spacial score (nSPS) is 13.8. The maximum atomic E-state index is 11.2. The molecule has 1 fully saturated rings. The number of ether oxygens (including phenoxy) is 1. The highest BCUT2D eigenvalue weighted by molar-refractivity contribution is 7.96. The summed E-state index contributed by atoms with van der Waals surface area (Å²) in [5.74, 6) is 0. The smallest absolute Gasteiger partial charge is 0.190 e. The number of nitrogens with zero attached hydrogens (tertiary/aromatic N) is 3. The molecule has 1 N–H and O–H groups in total. The molecule has 8 heteroatoms. The van der Waals surface area contributed by atoms with Gasteiger partial charge in [-0.05, 0) is 57.3 Å². The van der Waals surface area contributed by atoms with Crippen molar-refractivity contribution in [1.82, 2.24) is 9.71 Å². The van der Waals surface area contributed by atoms with Crippen molar-refractivity contribution < 1.29 is 9.53 Å². The highest BCUT2D eigenvalue weighted by Gasteiger charge is 2.18. The molecule has 30 heavy (non-hydrogen) atoms. The molecular formula is C22H30N4O2S2. The van der Waals surface area contributed by atoms with Crippen LogP contribution in [0.3, 0.4) is 0 Å². The number of rotatable bonds is 8. The topological polar surface area (TPSA) is 78.2 Å². The summed E-state index contributed by atoms with van der Waals surface area (Å²) < 4.78 is 8.93. The average Bonchev–Trinajstić information content (AvgIpc) is 3.18. The number of carbonyl (C=O) groups is 1. The Morgan fingerprint density at radius 1 is 1.33 bits per heavy atom. The molecule has 0 bridgehead atoms. The first-order chi connectivity index (χ1) is 14.6. The Bertz CT molecular complexity index is 810. The van der Waals surface area contributed by atoms with E-state index in [1.807, 2.05) is 32.4 Å². The molecule has 1 saturated carbocycles. The Kier molecular flexibility index (Phi) is 10.9. The lowest BCUT2D eigenvalue weighted by Gasteiger charge is -2.26. The SMILES string of the molecule is CNSC.Cc1sc(N(CCOC2CCCCC2)c2ccc(C#N)cc2)nc1C=O. The third-order valence-corrected chi connectivity index (χ3v) is 6.31. The zero-order valence-corrected chi connectivity index (χ0v) is 19.5. The van der Waals surface area contributed by atoms with Crippen LogP contribution in [0.1, 0.15) is 53.0 Å². The third kappa shape index (κ3) is 7.40. The molecule has 1 heterocycles. The van der Waals surface area contributed by atoms with Gasteiger partial charge in [0, 0.05) is 17.1 Å². The molecule has 0 saturated heterocycles. The van der Waals surface area contributed by atoms with Crippen molar-refractivity contribution in [2.75, 3.05) is 31.4 Å². The fourth-order valence-corrected chi connectivity index (χ4v) is 4.14. The maximum Gasteiger partial charge on any atom is 0.190 e. The van der Waals surface area contributed by atoms with Gasteiger partial charge in [0.2, 0.25) is 0 Å². The summed E-state index contributed by atoms with van der Waals surface area (Å²) in [5.41, 5.74) is 2.05. The molecule has 1 aromatic carbocycles. The van der Waals surface area contributed by atoms with E-state index in [2.05, 4.69) is 20.7 Å². The molecule has 2 aromatic rings. The molecule has 0 aliphatic heterocycles. The number of hydrogen-bond acceptors (Lipinski definition) is 8. The van der Waals surface area contributed by atoms with Gasteiger partial charge in [-0.15, -0.1) is 11.3 Å². The number of nitrogens with one attached hydrogen (secondary N) is 1. The zero-order chi connectivity index (χ0) is 21.8. The van der Waals surface area contributed by atoms with Gasteiger partial charge in [0.25, 0.3) is 0 Å². The Morgan fingerprint density at radius 3 is 2.53 bits per heavy atom. The summed E-state index contributed by atoms with van der Waals surface area (Å²) in [6, 6.07) is 9.56. The number of aryl methyl sites for hydroxylation is 1. The molecule has 1 aliphatic carbocycles. The van der Waals surface area contributed by atoms with Gasteiger partial charge in [0.05, 0.1) is 24.3 Å². The highest BCUT2D eigenvalue weighted by Crippen LogP contribution is 2.31. The number of thiazole rings is 1. The van der Waals surface area contributed by atoms with Crippen molar-refractivity contribution >= 4 is 40.4 Å². The number of carbonyl (C=O) groups excluding carboxylic acids is 1. The van der Waals surface area contributed by atoms with Crippen molar-refractivity contribution in [3.63, 3.8) is 0 Å². The van der Waals surface area contributed by atoms with Crippen LogP contribution in [0.25, 0.3) is 0 Å². The molecule has 0 spiro atoms. The van der Waals surface area contributed by atoms with Crippen LogP contribution in [0, 0.1) is 18.3 Å². The van der Waals surface area contributed by atoms with E-state index in [4.69, 9.17) is 10.00 Å². The summed E-state index contributed by atoms with van der Waals surface area (Å²) >= 11 is 3.11. The Hall–Kier alpha value is -1.92. The molecular weight excluding hydrogens is 416 g/mol. The summed E-state index contributed by atoms with van der Waals surface area (Å²) in [5, 5.41) is 9.79. The van der Waals surface area contributed by atoms with Crippen molar-refractivity contribution in [3.05, 3.63) is 40.4 Å². The van der Waals surface area contributed by atoms with Crippen LogP contribution in [0.15, 0.2) is 24.3 Å². The van der Waals surface area contributed by atoms with Crippen LogP contribution in [0.2, 0.25) is 0 Å². The minimum absolute atomic E-state index is 0.357. The number of aldehydes is 1. The number of hydrogen-bond donors (Lipinski definition) is 1. The number of nitriles is 1. The van der Waals surface area contributed by atoms with Crippen molar-refractivity contribution in [2.45, 2.75) is 45.1 Å². The van der Waals surface area contributed by atoms with E-state index in [9.17, 15) is 4.79 Å². The first kappa shape index (κ1) is 24.4. The highest BCUT2D eigenvalue weighted by atomic mass is 32.2. The van der Waals surface area contributed by atoms with Crippen LogP contribution in [0.5, 0.6) is 0 Å². The predicted octanol–water partition coefficient (Wildman–Crippen LogP) is 5.11. The monoisotopic (exact) mass is 446 g/mol. The van der Waals surface area contributed by atoms with Crippen LogP contribution >= 0.6 is 23.3 Å². The number of anilines is 2. The molecule has 0 radical (unpaired) electrons. The lowest BCUT2D eigenvalue weighted by Crippen LogP contribution is -2.26. The quantitative estimate of drug-likeness (QED) is 0.446. The lowest BCUT2D eigenvalue weighted by molar-refractivity contribution is 0.0333. The lowest BCUT2D eigenvalue weighted by atomic mass is 9.98. The summed E-state index contributed by atoms with van der Waals surface area (Å²) in [7, 11) is 1.89. The zero-order valence-electron chi connectivity index (χ0n) is 17.9. The van der Waals surface area contributed by atoms with Gasteiger partial charge in [-0.2, -0.15) is 5.26 Å². The second kappa shape index (κ2) is 13.4. The minimum Gasteiger partial charge on any atom is -0.376 e. The van der Waals surface area contributed by atoms with Crippen LogP contribution < -0.4 is 9.62 Å². The van der Waals surface area contributed by atoms with Crippen LogP contribution in [-0.4, -0.2) is 43.8 Å². The molecule has 0 amide bonds. The van der Waals surface area contributed by atoms with E-state index >= 15 is 0 Å². The van der Waals surface area contributed by atoms with Crippen molar-refractivity contribution in [3.8, 4) is 6.07 Å². The molecule has 0 unspecified atom stereocenters. The van der Waals surface area contributed by atoms with E-state index < -0.39 is 0 Å². The Morgan fingerprint density at radius 2 is 2.00 bits per heavy atom. The third-order valence-electron chi connectivity index (χ3n) is 4.90. The van der Waals surface area contributed by atoms with E-state index in [0.29, 0.717) is 30.5 Å². The van der Waals surface area contributed by atoms with E-state index in [1.165, 1.54) is 30.6 Å². The molecule has 162 valence electrons. The first-order valence-electron chi connectivity index (χ1n) is 10.1. The molecule has 1 aromatic heterocycles. The van der Waals surface area contributed by atoms with Gasteiger partial charge < -0.3 is 9.64 Å². The van der Waals surface area contributed by atoms with Crippen molar-refractivity contribution in [1.29, 1.82) is 5.26 Å². The van der Waals surface area contributed by atoms with Gasteiger partial charge in [-0.25, -0.2) is 4.98 Å². The second-order valence-electron chi connectivity index (χ2n) is 6.91. The molecule has 0 atom stereocenters. The summed E-state index contributed by atoms with van der Waals surface area (Å²) in [4.78, 5) is 18.6. The van der Waals surface area contributed by atoms with Crippen LogP contribution in [0.4, 0.5) is 10.8 Å². The van der Waals surface area contributed by atoms with Gasteiger partial charge in [0.1, 0.15) is 5.69 Å². The maximum absolute atomic E-state index is 11.2. The first-order valence-corrected chi connectivity index (χ1v) is 12.2. The van der Waals surface area contributed by atoms with Gasteiger partial charge in [-0.3, -0.25) is 9.52 Å². The summed E-state index contributed by atoms with van der Waals surface area (Å²) in [6.45, 7) is 3.17. The van der Waals surface area contributed by atoms with Gasteiger partial charge >= 0.3 is 0 Å². The number of benzene rings is 1. The predicted molar refractivity (Wildman–Crippen MR) is 126 cm³/mol. The van der Waals surface area contributed by atoms with Crippen molar-refractivity contribution in [2.24, 2.45) is 0 Å². The van der Waals surface area contributed by atoms with Gasteiger partial charge in [-0.1, -0.05) is 31.2 Å². The fourth-order valence-electron chi connectivity index (χ4n) is 3.21. The van der Waals surface area contributed by atoms with E-state index in [0.717, 1.165) is 34.8 Å². The van der Waals surface area contributed by atoms with Crippen LogP contribution in [-0.2, 0) is 4.74 Å². The fraction of sp³-hybridized carbons (Fsp3) is 0.500. The van der Waals surface area contributed by atoms with Gasteiger partial charge in [0.15, 0.2) is 11.4 Å². The summed E-state index contributed by atoms with van der Waals surface area (Å²) in [6.07, 6.45) is 9.23. The molecule has 3 rings (SSSR count). The average molecular weight is 447 g/mol. The standard InChI is InChI=1S/C20H23N3O2S.C2H7NS/c1-15-19(14-24)22-20(26-15)23(17-9-7-16(13-21)8-10-17)11-12-25-18-5-3-2-4-6-18;1-3-4-2/h7-10,14,18H,2-6,11-12H2,1H3;3H,1-2H3. The molecule has 1 aliphatic rings. The molecule has 6 nitrogen and oxygen atoms in total. The number of aromatic nitrogens is 1. The largest absolute Gasteiger partial charge is 0.376 e. The van der Waals surface area contributed by atoms with E-state index in [-0.39, 0.29) is 0 Å². The Labute approximate surface area is 187 Å². The second-order valence-corrected chi connectivity index (χ2v) is 8.90.